The van der Waals surface area contributed by atoms with E-state index in [0.29, 0.717) is 23.6 Å². The van der Waals surface area contributed by atoms with E-state index in [1.54, 1.807) is 30.5 Å². The summed E-state index contributed by atoms with van der Waals surface area (Å²) in [4.78, 5) is 27.6. The summed E-state index contributed by atoms with van der Waals surface area (Å²) in [5.41, 5.74) is 3.29. The first-order valence-corrected chi connectivity index (χ1v) is 10.2. The zero-order valence-electron chi connectivity index (χ0n) is 16.9. The number of carbonyl (C=O) groups is 2. The average molecular weight is 403 g/mol. The Labute approximate surface area is 175 Å². The minimum absolute atomic E-state index is 0.0135. The Kier molecular flexibility index (Phi) is 5.84. The number of fused-ring (bicyclic) bond motifs is 1. The molecule has 3 aromatic rings. The van der Waals surface area contributed by atoms with Crippen molar-refractivity contribution in [1.82, 2.24) is 5.32 Å². The topological polar surface area (TPSA) is 74.6 Å². The minimum atomic E-state index is -0.223. The van der Waals surface area contributed by atoms with Gasteiger partial charge in [0.2, 0.25) is 5.91 Å². The van der Waals surface area contributed by atoms with Crippen LogP contribution in [0.4, 0.5) is 11.4 Å². The number of furan rings is 1. The fourth-order valence-electron chi connectivity index (χ4n) is 3.84. The number of rotatable bonds is 6. The molecule has 0 aliphatic carbocycles. The first-order chi connectivity index (χ1) is 14.6. The molecular weight excluding hydrogens is 378 g/mol. The Morgan fingerprint density at radius 1 is 1.07 bits per heavy atom. The summed E-state index contributed by atoms with van der Waals surface area (Å²) in [6.45, 7) is 2.49. The molecule has 0 saturated heterocycles. The van der Waals surface area contributed by atoms with Crippen LogP contribution in [0.5, 0.6) is 0 Å². The van der Waals surface area contributed by atoms with Gasteiger partial charge in [0, 0.05) is 17.4 Å². The van der Waals surface area contributed by atoms with Crippen molar-refractivity contribution >= 4 is 23.2 Å². The molecule has 0 saturated carbocycles. The third-order valence-electron chi connectivity index (χ3n) is 5.40. The molecule has 0 radical (unpaired) electrons. The summed E-state index contributed by atoms with van der Waals surface area (Å²) in [5, 5.41) is 6.01. The maximum absolute atomic E-state index is 13.1. The van der Waals surface area contributed by atoms with Crippen LogP contribution in [0.15, 0.2) is 71.3 Å². The van der Waals surface area contributed by atoms with Crippen molar-refractivity contribution in [2.75, 3.05) is 16.8 Å². The van der Waals surface area contributed by atoms with Crippen LogP contribution in [0.1, 0.15) is 35.0 Å². The number of benzene rings is 2. The fraction of sp³-hybridized carbons (Fsp3) is 0.250. The summed E-state index contributed by atoms with van der Waals surface area (Å²) in [6.07, 6.45) is 3.49. The van der Waals surface area contributed by atoms with E-state index >= 15 is 0 Å². The lowest BCUT2D eigenvalue weighted by atomic mass is 9.96. The van der Waals surface area contributed by atoms with E-state index in [1.807, 2.05) is 35.2 Å². The number of hydrogen-bond donors (Lipinski definition) is 2. The number of nitrogens with one attached hydrogen (secondary N) is 2. The first-order valence-electron chi connectivity index (χ1n) is 10.2. The van der Waals surface area contributed by atoms with Gasteiger partial charge < -0.3 is 20.0 Å². The molecule has 30 heavy (non-hydrogen) atoms. The normalized spacial score (nSPS) is 15.4. The fourth-order valence-corrected chi connectivity index (χ4v) is 3.84. The van der Waals surface area contributed by atoms with Crippen molar-refractivity contribution in [3.63, 3.8) is 0 Å². The molecule has 0 fully saturated rings. The quantitative estimate of drug-likeness (QED) is 0.653. The number of para-hydroxylation sites is 2. The van der Waals surface area contributed by atoms with Crippen molar-refractivity contribution in [1.29, 1.82) is 0 Å². The Bertz CT molecular complexity index is 1030. The van der Waals surface area contributed by atoms with Gasteiger partial charge in [-0.05, 0) is 55.7 Å². The highest BCUT2D eigenvalue weighted by atomic mass is 16.3. The molecule has 2 N–H and O–H groups in total. The van der Waals surface area contributed by atoms with Crippen molar-refractivity contribution in [2.24, 2.45) is 0 Å². The van der Waals surface area contributed by atoms with Gasteiger partial charge in [-0.15, -0.1) is 0 Å². The highest BCUT2D eigenvalue weighted by Crippen LogP contribution is 2.30. The Hall–Kier alpha value is -3.54. The molecule has 6 heteroatoms. The second kappa shape index (κ2) is 8.86. The molecule has 6 nitrogen and oxygen atoms in total. The third-order valence-corrected chi connectivity index (χ3v) is 5.40. The highest BCUT2D eigenvalue weighted by molar-refractivity contribution is 6.01. The number of anilines is 2. The molecule has 0 bridgehead atoms. The van der Waals surface area contributed by atoms with Crippen LogP contribution in [0.2, 0.25) is 0 Å². The molecule has 1 unspecified atom stereocenters. The molecule has 154 valence electrons. The van der Waals surface area contributed by atoms with Crippen LogP contribution in [0.3, 0.4) is 0 Å². The monoisotopic (exact) mass is 403 g/mol. The van der Waals surface area contributed by atoms with Crippen LogP contribution in [-0.2, 0) is 17.8 Å². The van der Waals surface area contributed by atoms with Crippen LogP contribution < -0.4 is 15.5 Å². The van der Waals surface area contributed by atoms with Crippen molar-refractivity contribution in [3.05, 3.63) is 83.8 Å². The van der Waals surface area contributed by atoms with Crippen LogP contribution in [-0.4, -0.2) is 24.4 Å². The van der Waals surface area contributed by atoms with Gasteiger partial charge in [0.15, 0.2) is 0 Å². The van der Waals surface area contributed by atoms with Crippen molar-refractivity contribution in [3.8, 4) is 0 Å². The van der Waals surface area contributed by atoms with Gasteiger partial charge in [-0.25, -0.2) is 0 Å². The van der Waals surface area contributed by atoms with Gasteiger partial charge in [0.25, 0.3) is 5.91 Å². The van der Waals surface area contributed by atoms with Crippen LogP contribution in [0.25, 0.3) is 0 Å². The van der Waals surface area contributed by atoms with Gasteiger partial charge >= 0.3 is 0 Å². The lowest BCUT2D eigenvalue weighted by Crippen LogP contribution is -2.44. The second-order valence-electron chi connectivity index (χ2n) is 7.44. The van der Waals surface area contributed by atoms with Gasteiger partial charge in [0.1, 0.15) is 5.76 Å². The highest BCUT2D eigenvalue weighted by Gasteiger charge is 2.27. The molecule has 2 amide bonds. The van der Waals surface area contributed by atoms with E-state index in [0.717, 1.165) is 18.5 Å². The first kappa shape index (κ1) is 19.8. The Morgan fingerprint density at radius 3 is 2.70 bits per heavy atom. The van der Waals surface area contributed by atoms with Crippen LogP contribution >= 0.6 is 0 Å². The molecule has 2 heterocycles. The minimum Gasteiger partial charge on any atom is -0.467 e. The average Bonchev–Trinajstić information content (AvgIpc) is 3.29. The molecular formula is C24H25N3O3. The van der Waals surface area contributed by atoms with Gasteiger partial charge in [-0.3, -0.25) is 9.59 Å². The van der Waals surface area contributed by atoms with E-state index < -0.39 is 0 Å². The Morgan fingerprint density at radius 2 is 1.87 bits per heavy atom. The van der Waals surface area contributed by atoms with E-state index in [-0.39, 0.29) is 24.4 Å². The predicted octanol–water partition coefficient (Wildman–Crippen LogP) is 3.99. The number of carbonyl (C=O) groups excluding carboxylic acids is 2. The standard InChI is InChI=1S/C24H25N3O3/c1-17-12-13-18-7-2-5-11-22(18)27(17)23(28)16-25-21-10-4-3-9-20(21)24(29)26-15-19-8-6-14-30-19/h2-11,14,17,25H,12-13,15-16H2,1H3,(H,26,29). The van der Waals surface area contributed by atoms with Crippen LogP contribution in [0, 0.1) is 0 Å². The number of amides is 2. The van der Waals surface area contributed by atoms with E-state index in [4.69, 9.17) is 4.42 Å². The smallest absolute Gasteiger partial charge is 0.253 e. The molecule has 1 aliphatic rings. The molecule has 4 rings (SSSR count). The summed E-state index contributed by atoms with van der Waals surface area (Å²) in [6, 6.07) is 19.0. The van der Waals surface area contributed by atoms with E-state index in [1.165, 1.54) is 5.56 Å². The SMILES string of the molecule is CC1CCc2ccccc2N1C(=O)CNc1ccccc1C(=O)NCc1ccco1. The Balaban J connectivity index is 1.44. The lowest BCUT2D eigenvalue weighted by molar-refractivity contribution is -0.117. The zero-order valence-corrected chi connectivity index (χ0v) is 16.9. The van der Waals surface area contributed by atoms with Gasteiger partial charge in [0.05, 0.1) is 24.9 Å². The summed E-state index contributed by atoms with van der Waals surface area (Å²) in [7, 11) is 0. The van der Waals surface area contributed by atoms with Crippen molar-refractivity contribution < 1.29 is 14.0 Å². The summed E-state index contributed by atoms with van der Waals surface area (Å²) >= 11 is 0. The number of nitrogens with zero attached hydrogens (tertiary/aromatic N) is 1. The number of hydrogen-bond acceptors (Lipinski definition) is 4. The molecule has 1 aliphatic heterocycles. The van der Waals surface area contributed by atoms with Gasteiger partial charge in [-0.2, -0.15) is 0 Å². The molecule has 1 atom stereocenters. The zero-order chi connectivity index (χ0) is 20.9. The summed E-state index contributed by atoms with van der Waals surface area (Å²) in [5.74, 6) is 0.445. The largest absolute Gasteiger partial charge is 0.467 e. The molecule has 1 aromatic heterocycles. The maximum Gasteiger partial charge on any atom is 0.253 e. The van der Waals surface area contributed by atoms with Gasteiger partial charge in [-0.1, -0.05) is 30.3 Å². The lowest BCUT2D eigenvalue weighted by Gasteiger charge is -2.35. The summed E-state index contributed by atoms with van der Waals surface area (Å²) < 4.78 is 5.25. The van der Waals surface area contributed by atoms with E-state index in [2.05, 4.69) is 23.6 Å². The molecule has 2 aromatic carbocycles. The maximum atomic E-state index is 13.1. The predicted molar refractivity (Wildman–Crippen MR) is 117 cm³/mol. The van der Waals surface area contributed by atoms with Crippen molar-refractivity contribution in [2.45, 2.75) is 32.4 Å². The van der Waals surface area contributed by atoms with E-state index in [9.17, 15) is 9.59 Å². The second-order valence-corrected chi connectivity index (χ2v) is 7.44. The third kappa shape index (κ3) is 4.22. The number of aryl methyl sites for hydroxylation is 1. The molecule has 0 spiro atoms.